The van der Waals surface area contributed by atoms with Gasteiger partial charge in [0.25, 0.3) is 0 Å². The number of nitrogen functional groups attached to an aromatic ring is 1. The Bertz CT molecular complexity index is 742. The van der Waals surface area contributed by atoms with Gasteiger partial charge < -0.3 is 5.73 Å². The van der Waals surface area contributed by atoms with E-state index >= 15 is 0 Å². The van der Waals surface area contributed by atoms with Gasteiger partial charge in [-0.2, -0.15) is 0 Å². The third-order valence-electron chi connectivity index (χ3n) is 3.51. The van der Waals surface area contributed by atoms with Crippen LogP contribution in [0, 0.1) is 0 Å². The summed E-state index contributed by atoms with van der Waals surface area (Å²) < 4.78 is 0. The number of benzene rings is 2. The van der Waals surface area contributed by atoms with E-state index in [9.17, 15) is 0 Å². The second-order valence-electron chi connectivity index (χ2n) is 5.44. The van der Waals surface area contributed by atoms with Crippen LogP contribution in [0.5, 0.6) is 0 Å². The molecule has 0 radical (unpaired) electrons. The first-order chi connectivity index (χ1) is 10.1. The van der Waals surface area contributed by atoms with Gasteiger partial charge in [-0.15, -0.1) is 11.3 Å². The lowest BCUT2D eigenvalue weighted by molar-refractivity contribution is 0.867. The van der Waals surface area contributed by atoms with Crippen LogP contribution in [0.4, 0.5) is 5.69 Å². The summed E-state index contributed by atoms with van der Waals surface area (Å²) in [5.41, 5.74) is 11.2. The largest absolute Gasteiger partial charge is 0.399 e. The zero-order valence-corrected chi connectivity index (χ0v) is 13.0. The molecule has 0 aliphatic carbocycles. The molecule has 0 unspecified atom stereocenters. The normalized spacial score (nSPS) is 11.0. The van der Waals surface area contributed by atoms with E-state index in [0.29, 0.717) is 5.92 Å². The minimum absolute atomic E-state index is 0.554. The average Bonchev–Trinajstić information content (AvgIpc) is 2.97. The zero-order chi connectivity index (χ0) is 14.8. The maximum atomic E-state index is 5.83. The van der Waals surface area contributed by atoms with E-state index < -0.39 is 0 Å². The number of hydrogen-bond donors (Lipinski definition) is 1. The maximum Gasteiger partial charge on any atom is 0.124 e. The number of rotatable bonds is 3. The quantitative estimate of drug-likeness (QED) is 0.676. The highest BCUT2D eigenvalue weighted by Gasteiger charge is 2.07. The average molecular weight is 294 g/mol. The summed E-state index contributed by atoms with van der Waals surface area (Å²) in [7, 11) is 0. The molecule has 0 aliphatic rings. The molecule has 0 saturated heterocycles. The van der Waals surface area contributed by atoms with Crippen molar-refractivity contribution in [2.75, 3.05) is 5.73 Å². The molecule has 0 spiro atoms. The number of hydrogen-bond acceptors (Lipinski definition) is 3. The first kappa shape index (κ1) is 13.8. The first-order valence-corrected chi connectivity index (χ1v) is 7.93. The highest BCUT2D eigenvalue weighted by atomic mass is 32.1. The standard InChI is InChI=1S/C18H18N2S/c1-12(2)13-6-8-14(9-7-13)18-20-17(11-21-18)15-4-3-5-16(19)10-15/h3-12H,19H2,1-2H3. The van der Waals surface area contributed by atoms with Crippen molar-refractivity contribution in [1.29, 1.82) is 0 Å². The minimum atomic E-state index is 0.554. The Labute approximate surface area is 129 Å². The van der Waals surface area contributed by atoms with Crippen LogP contribution >= 0.6 is 11.3 Å². The Hall–Kier alpha value is -2.13. The first-order valence-electron chi connectivity index (χ1n) is 7.05. The Morgan fingerprint density at radius 3 is 2.43 bits per heavy atom. The van der Waals surface area contributed by atoms with Crippen molar-refractivity contribution in [3.63, 3.8) is 0 Å². The molecule has 2 nitrogen and oxygen atoms in total. The monoisotopic (exact) mass is 294 g/mol. The predicted molar refractivity (Wildman–Crippen MR) is 91.5 cm³/mol. The van der Waals surface area contributed by atoms with Crippen LogP contribution in [0.15, 0.2) is 53.9 Å². The fraction of sp³-hybridized carbons (Fsp3) is 0.167. The second kappa shape index (κ2) is 5.70. The molecule has 1 heterocycles. The lowest BCUT2D eigenvalue weighted by Crippen LogP contribution is -1.87. The third-order valence-corrected chi connectivity index (χ3v) is 4.40. The van der Waals surface area contributed by atoms with Crippen molar-refractivity contribution in [2.24, 2.45) is 0 Å². The van der Waals surface area contributed by atoms with Gasteiger partial charge in [0.2, 0.25) is 0 Å². The van der Waals surface area contributed by atoms with Gasteiger partial charge in [0.1, 0.15) is 5.01 Å². The Morgan fingerprint density at radius 1 is 1.00 bits per heavy atom. The highest BCUT2D eigenvalue weighted by molar-refractivity contribution is 7.13. The van der Waals surface area contributed by atoms with E-state index in [0.717, 1.165) is 22.0 Å². The van der Waals surface area contributed by atoms with E-state index in [1.807, 2.05) is 24.3 Å². The molecule has 1 aromatic heterocycles. The van der Waals surface area contributed by atoms with E-state index in [-0.39, 0.29) is 0 Å². The second-order valence-corrected chi connectivity index (χ2v) is 6.30. The molecule has 0 saturated carbocycles. The number of anilines is 1. The lowest BCUT2D eigenvalue weighted by Gasteiger charge is -2.05. The molecule has 0 aliphatic heterocycles. The van der Waals surface area contributed by atoms with Crippen molar-refractivity contribution >= 4 is 17.0 Å². The van der Waals surface area contributed by atoms with Crippen LogP contribution in [-0.2, 0) is 0 Å². The molecule has 0 atom stereocenters. The van der Waals surface area contributed by atoms with E-state index in [2.05, 4.69) is 43.5 Å². The molecule has 106 valence electrons. The van der Waals surface area contributed by atoms with Gasteiger partial charge in [-0.1, -0.05) is 50.2 Å². The van der Waals surface area contributed by atoms with E-state index in [4.69, 9.17) is 10.7 Å². The molecule has 3 heteroatoms. The number of aromatic nitrogens is 1. The van der Waals surface area contributed by atoms with Gasteiger partial charge in [-0.3, -0.25) is 0 Å². The maximum absolute atomic E-state index is 5.83. The lowest BCUT2D eigenvalue weighted by atomic mass is 10.0. The Balaban J connectivity index is 1.91. The van der Waals surface area contributed by atoms with Crippen LogP contribution in [0.1, 0.15) is 25.3 Å². The Morgan fingerprint density at radius 2 is 1.76 bits per heavy atom. The van der Waals surface area contributed by atoms with Crippen LogP contribution in [0.25, 0.3) is 21.8 Å². The van der Waals surface area contributed by atoms with Gasteiger partial charge in [0.15, 0.2) is 0 Å². The minimum Gasteiger partial charge on any atom is -0.399 e. The smallest absolute Gasteiger partial charge is 0.124 e. The van der Waals surface area contributed by atoms with Crippen LogP contribution in [0.3, 0.4) is 0 Å². The van der Waals surface area contributed by atoms with Gasteiger partial charge in [-0.25, -0.2) is 4.98 Å². The van der Waals surface area contributed by atoms with Gasteiger partial charge >= 0.3 is 0 Å². The molecular formula is C18H18N2S. The molecule has 3 aromatic rings. The van der Waals surface area contributed by atoms with Crippen LogP contribution in [-0.4, -0.2) is 4.98 Å². The summed E-state index contributed by atoms with van der Waals surface area (Å²) >= 11 is 1.67. The van der Waals surface area contributed by atoms with E-state index in [1.165, 1.54) is 11.1 Å². The molecule has 2 N–H and O–H groups in total. The van der Waals surface area contributed by atoms with Crippen molar-refractivity contribution < 1.29 is 0 Å². The van der Waals surface area contributed by atoms with Crippen molar-refractivity contribution in [3.05, 3.63) is 59.5 Å². The van der Waals surface area contributed by atoms with Gasteiger partial charge in [-0.05, 0) is 23.6 Å². The fourth-order valence-electron chi connectivity index (χ4n) is 2.25. The van der Waals surface area contributed by atoms with Crippen LogP contribution < -0.4 is 5.73 Å². The fourth-order valence-corrected chi connectivity index (χ4v) is 3.08. The number of nitrogens with zero attached hydrogens (tertiary/aromatic N) is 1. The predicted octanol–water partition coefficient (Wildman–Crippen LogP) is 5.18. The topological polar surface area (TPSA) is 38.9 Å². The van der Waals surface area contributed by atoms with Crippen LogP contribution in [0.2, 0.25) is 0 Å². The molecule has 21 heavy (non-hydrogen) atoms. The molecule has 0 amide bonds. The number of nitrogens with two attached hydrogens (primary N) is 1. The summed E-state index contributed by atoms with van der Waals surface area (Å²) in [6.07, 6.45) is 0. The molecular weight excluding hydrogens is 276 g/mol. The summed E-state index contributed by atoms with van der Waals surface area (Å²) in [4.78, 5) is 4.73. The SMILES string of the molecule is CC(C)c1ccc(-c2nc(-c3cccc(N)c3)cs2)cc1. The van der Waals surface area contributed by atoms with Crippen molar-refractivity contribution in [3.8, 4) is 21.8 Å². The molecule has 2 aromatic carbocycles. The summed E-state index contributed by atoms with van der Waals surface area (Å²) in [6, 6.07) is 16.5. The van der Waals surface area contributed by atoms with Crippen molar-refractivity contribution in [2.45, 2.75) is 19.8 Å². The summed E-state index contributed by atoms with van der Waals surface area (Å²) in [5, 5.41) is 3.13. The van der Waals surface area contributed by atoms with Gasteiger partial charge in [0, 0.05) is 22.2 Å². The molecule has 0 bridgehead atoms. The van der Waals surface area contributed by atoms with Gasteiger partial charge in [0.05, 0.1) is 5.69 Å². The number of thiazole rings is 1. The van der Waals surface area contributed by atoms with E-state index in [1.54, 1.807) is 11.3 Å². The third kappa shape index (κ3) is 2.98. The highest BCUT2D eigenvalue weighted by Crippen LogP contribution is 2.30. The Kier molecular flexibility index (Phi) is 3.76. The summed E-state index contributed by atoms with van der Waals surface area (Å²) in [5.74, 6) is 0.554. The molecule has 0 fully saturated rings. The van der Waals surface area contributed by atoms with Crippen molar-refractivity contribution in [1.82, 2.24) is 4.98 Å². The zero-order valence-electron chi connectivity index (χ0n) is 12.2. The summed E-state index contributed by atoms with van der Waals surface area (Å²) in [6.45, 7) is 4.41. The molecule has 3 rings (SSSR count).